The molecule has 0 unspecified atom stereocenters. The van der Waals surface area contributed by atoms with Crippen LogP contribution in [0.4, 0.5) is 0 Å². The molecule has 2 bridgehead atoms. The molecule has 11 heteroatoms. The average molecular weight is 671 g/mol. The van der Waals surface area contributed by atoms with E-state index in [4.69, 9.17) is 9.47 Å². The molecule has 47 heavy (non-hydrogen) atoms. The van der Waals surface area contributed by atoms with Crippen molar-refractivity contribution in [1.82, 2.24) is 9.62 Å². The molecule has 3 fully saturated rings. The second kappa shape index (κ2) is 15.3. The number of unbranched alkanes of at least 4 members (excludes halogenated alkanes) is 1. The van der Waals surface area contributed by atoms with Gasteiger partial charge in [-0.3, -0.25) is 23.9 Å². The van der Waals surface area contributed by atoms with Crippen LogP contribution >= 0.6 is 0 Å². The van der Waals surface area contributed by atoms with E-state index in [1.54, 1.807) is 11.0 Å². The summed E-state index contributed by atoms with van der Waals surface area (Å²) in [4.78, 5) is 56.3. The molecular weight excluding hydrogens is 620 g/mol. The molecule has 2 saturated carbocycles. The molecule has 0 spiro atoms. The van der Waals surface area contributed by atoms with Crippen LogP contribution in [0.5, 0.6) is 5.75 Å². The van der Waals surface area contributed by atoms with Crippen molar-refractivity contribution in [1.29, 1.82) is 0 Å². The molecule has 1 saturated heterocycles. The van der Waals surface area contributed by atoms with Gasteiger partial charge in [0.05, 0.1) is 36.3 Å². The fourth-order valence-corrected chi connectivity index (χ4v) is 8.52. The first-order chi connectivity index (χ1) is 22.6. The smallest absolute Gasteiger partial charge is 0.306 e. The number of fused-ring (bicyclic) bond motifs is 3. The first-order valence-corrected chi connectivity index (χ1v) is 19.0. The molecule has 258 valence electrons. The Balaban J connectivity index is 1.41. The number of carbonyl (C=O) groups excluding carboxylic acids is 4. The number of nitrogens with zero attached hydrogens (tertiary/aromatic N) is 1. The van der Waals surface area contributed by atoms with Crippen molar-refractivity contribution >= 4 is 33.6 Å². The molecular formula is C36H50N2O8S. The number of nitrogens with one attached hydrogen (secondary N) is 1. The van der Waals surface area contributed by atoms with Gasteiger partial charge in [0.15, 0.2) is 5.78 Å². The molecule has 2 aliphatic carbocycles. The Labute approximate surface area is 279 Å². The molecule has 10 nitrogen and oxygen atoms in total. The number of para-hydroxylation sites is 1. The van der Waals surface area contributed by atoms with Crippen molar-refractivity contribution < 1.29 is 37.1 Å². The lowest BCUT2D eigenvalue weighted by atomic mass is 9.90. The average Bonchev–Trinajstić information content (AvgIpc) is 3.97. The largest absolute Gasteiger partial charge is 0.488 e. The topological polar surface area (TPSA) is 136 Å². The number of sulfonamides is 1. The van der Waals surface area contributed by atoms with Gasteiger partial charge in [-0.15, -0.1) is 6.58 Å². The van der Waals surface area contributed by atoms with E-state index in [1.165, 1.54) is 0 Å². The zero-order valence-corrected chi connectivity index (χ0v) is 28.4. The van der Waals surface area contributed by atoms with E-state index >= 15 is 0 Å². The number of hydrogen-bond donors (Lipinski definition) is 1. The van der Waals surface area contributed by atoms with Crippen LogP contribution in [0.25, 0.3) is 0 Å². The molecule has 2 heterocycles. The van der Waals surface area contributed by atoms with Gasteiger partial charge in [0.25, 0.3) is 0 Å². The number of Topliss-reactive ketones (excluding diaryl/α,β-unsaturated/α-hetero) is 1. The van der Waals surface area contributed by atoms with Crippen LogP contribution in [0.3, 0.4) is 0 Å². The van der Waals surface area contributed by atoms with E-state index in [0.717, 1.165) is 62.7 Å². The highest BCUT2D eigenvalue weighted by Crippen LogP contribution is 2.57. The summed E-state index contributed by atoms with van der Waals surface area (Å²) in [6.45, 7) is 6.33. The lowest BCUT2D eigenvalue weighted by Gasteiger charge is -2.29. The van der Waals surface area contributed by atoms with E-state index in [2.05, 4.69) is 17.4 Å². The standard InChI is InChI=1S/C36H50N2O8S/c1-3-5-13-26-20-33(40)45-19-12-8-6-7-9-14-25-15-10-11-16-32(25)46-28-21-30(38(24-28)34(26)41)31(39)23-36(22-27(36)4-2)35(42)37-47(43,44)29-17-18-29/h4,10-11,15-16,26-30H,2-3,5-9,12-14,17-24H2,1H3,(H,37,42)/t26-,27-,28-,30+,36-/m1/s1. The molecule has 4 aliphatic rings. The molecule has 0 aromatic heterocycles. The Bertz CT molecular complexity index is 1440. The number of allylic oxidation sites excluding steroid dienone is 1. The van der Waals surface area contributed by atoms with E-state index < -0.39 is 50.6 Å². The third-order valence-corrected chi connectivity index (χ3v) is 12.1. The highest BCUT2D eigenvalue weighted by Gasteiger charge is 2.61. The summed E-state index contributed by atoms with van der Waals surface area (Å²) in [6, 6.07) is 7.00. The lowest BCUT2D eigenvalue weighted by molar-refractivity contribution is -0.150. The third-order valence-electron chi connectivity index (χ3n) is 10.3. The maximum atomic E-state index is 14.2. The zero-order chi connectivity index (χ0) is 33.6. The summed E-state index contributed by atoms with van der Waals surface area (Å²) in [5.74, 6) is -1.96. The number of esters is 1. The number of aryl methyl sites for hydroxylation is 1. The van der Waals surface area contributed by atoms with E-state index in [1.807, 2.05) is 25.1 Å². The van der Waals surface area contributed by atoms with Gasteiger partial charge >= 0.3 is 5.97 Å². The van der Waals surface area contributed by atoms with Crippen molar-refractivity contribution in [2.45, 2.75) is 121 Å². The van der Waals surface area contributed by atoms with Crippen LogP contribution in [-0.4, -0.2) is 67.4 Å². The van der Waals surface area contributed by atoms with E-state index in [9.17, 15) is 27.6 Å². The van der Waals surface area contributed by atoms with Gasteiger partial charge in [-0.1, -0.05) is 63.3 Å². The number of hydrogen-bond acceptors (Lipinski definition) is 8. The molecule has 5 atom stereocenters. The highest BCUT2D eigenvalue weighted by molar-refractivity contribution is 7.90. The number of rotatable bonds is 10. The Morgan fingerprint density at radius 2 is 1.85 bits per heavy atom. The fraction of sp³-hybridized carbons (Fsp3) is 0.667. The van der Waals surface area contributed by atoms with Crippen LogP contribution < -0.4 is 9.46 Å². The van der Waals surface area contributed by atoms with Crippen molar-refractivity contribution in [3.63, 3.8) is 0 Å². The van der Waals surface area contributed by atoms with Gasteiger partial charge in [-0.2, -0.15) is 0 Å². The summed E-state index contributed by atoms with van der Waals surface area (Å²) in [5, 5.41) is -0.575. The van der Waals surface area contributed by atoms with Gasteiger partial charge < -0.3 is 14.4 Å². The maximum Gasteiger partial charge on any atom is 0.306 e. The van der Waals surface area contributed by atoms with Gasteiger partial charge in [0.2, 0.25) is 21.8 Å². The Morgan fingerprint density at radius 1 is 1.11 bits per heavy atom. The lowest BCUT2D eigenvalue weighted by Crippen LogP contribution is -2.46. The van der Waals surface area contributed by atoms with Crippen LogP contribution in [-0.2, 0) is 40.4 Å². The Kier molecular flexibility index (Phi) is 11.5. The summed E-state index contributed by atoms with van der Waals surface area (Å²) < 4.78 is 39.6. The predicted octanol–water partition coefficient (Wildman–Crippen LogP) is 5.04. The van der Waals surface area contributed by atoms with Gasteiger partial charge in [-0.05, 0) is 62.5 Å². The first-order valence-electron chi connectivity index (χ1n) is 17.5. The van der Waals surface area contributed by atoms with Gasteiger partial charge in [0, 0.05) is 18.8 Å². The van der Waals surface area contributed by atoms with Crippen molar-refractivity contribution in [3.05, 3.63) is 42.5 Å². The van der Waals surface area contributed by atoms with Crippen LogP contribution in [0.15, 0.2) is 36.9 Å². The molecule has 0 radical (unpaired) electrons. The van der Waals surface area contributed by atoms with Crippen LogP contribution in [0, 0.1) is 17.3 Å². The van der Waals surface area contributed by atoms with E-state index in [0.29, 0.717) is 32.3 Å². The number of carbonyl (C=O) groups is 4. The quantitative estimate of drug-likeness (QED) is 0.270. The molecule has 2 amide bonds. The second-order valence-electron chi connectivity index (χ2n) is 13.9. The number of benzene rings is 1. The summed E-state index contributed by atoms with van der Waals surface area (Å²) >= 11 is 0. The summed E-state index contributed by atoms with van der Waals surface area (Å²) in [7, 11) is -3.80. The minimum absolute atomic E-state index is 0.0610. The molecule has 5 rings (SSSR count). The third kappa shape index (κ3) is 8.64. The van der Waals surface area contributed by atoms with E-state index in [-0.39, 0.29) is 43.4 Å². The SMILES string of the molecule is C=C[C@@H]1C[C@]1(CC(=O)[C@@H]1C[C@@H]2CN1C(=O)[C@H](CCCC)CC(=O)OCCCCCCCc1ccccc1O2)C(=O)NS(=O)(=O)C1CC1. The maximum absolute atomic E-state index is 14.2. The van der Waals surface area contributed by atoms with Crippen molar-refractivity contribution in [2.24, 2.45) is 17.3 Å². The Hall–Kier alpha value is -3.21. The molecule has 1 N–H and O–H groups in total. The number of ether oxygens (including phenoxy) is 2. The first kappa shape index (κ1) is 35.1. The van der Waals surface area contributed by atoms with Gasteiger partial charge in [0.1, 0.15) is 11.9 Å². The van der Waals surface area contributed by atoms with Crippen molar-refractivity contribution in [3.8, 4) is 5.75 Å². The summed E-state index contributed by atoms with van der Waals surface area (Å²) in [5.41, 5.74) is -0.144. The van der Waals surface area contributed by atoms with Gasteiger partial charge in [-0.25, -0.2) is 8.42 Å². The Morgan fingerprint density at radius 3 is 2.57 bits per heavy atom. The molecule has 2 aliphatic heterocycles. The highest BCUT2D eigenvalue weighted by atomic mass is 32.2. The normalized spacial score (nSPS) is 29.0. The monoisotopic (exact) mass is 670 g/mol. The molecule has 1 aromatic carbocycles. The minimum Gasteiger partial charge on any atom is -0.488 e. The number of cyclic esters (lactones) is 1. The van der Waals surface area contributed by atoms with Crippen LogP contribution in [0.1, 0.15) is 102 Å². The molecule has 1 aromatic rings. The predicted molar refractivity (Wildman–Crippen MR) is 177 cm³/mol. The van der Waals surface area contributed by atoms with Crippen LogP contribution in [0.2, 0.25) is 0 Å². The summed E-state index contributed by atoms with van der Waals surface area (Å²) in [6.07, 6.45) is 10.1. The fourth-order valence-electron chi connectivity index (χ4n) is 7.14. The van der Waals surface area contributed by atoms with Crippen molar-refractivity contribution in [2.75, 3.05) is 13.2 Å². The second-order valence-corrected chi connectivity index (χ2v) is 15.9. The number of ketones is 1. The number of amides is 2. The minimum atomic E-state index is -3.80. The zero-order valence-electron chi connectivity index (χ0n) is 27.6.